The molecule has 0 saturated heterocycles. The highest BCUT2D eigenvalue weighted by Crippen LogP contribution is 2.27. The number of aliphatic carboxylic acids is 2. The van der Waals surface area contributed by atoms with Crippen LogP contribution in [0.5, 0.6) is 5.75 Å². The Balaban J connectivity index is 0.000000367. The summed E-state index contributed by atoms with van der Waals surface area (Å²) in [6.45, 7) is 2.41. The van der Waals surface area contributed by atoms with Crippen molar-refractivity contribution in [3.05, 3.63) is 77.2 Å². The zero-order valence-electron chi connectivity index (χ0n) is 21.5. The minimum Gasteiger partial charge on any atom is -0.490 e. The van der Waals surface area contributed by atoms with E-state index in [4.69, 9.17) is 41.9 Å². The molecule has 0 spiro atoms. The lowest BCUT2D eigenvalue weighted by atomic mass is 10.0. The summed E-state index contributed by atoms with van der Waals surface area (Å²) in [7, 11) is 0. The minimum atomic E-state index is -5.08. The molecule has 0 bridgehead atoms. The zero-order chi connectivity index (χ0) is 31.7. The third kappa shape index (κ3) is 10.9. The lowest BCUT2D eigenvalue weighted by molar-refractivity contribution is -0.193. The van der Waals surface area contributed by atoms with Crippen LogP contribution in [0.2, 0.25) is 5.02 Å². The predicted molar refractivity (Wildman–Crippen MR) is 140 cm³/mol. The first-order chi connectivity index (χ1) is 19.5. The van der Waals surface area contributed by atoms with Gasteiger partial charge in [-0.2, -0.15) is 31.4 Å². The Kier molecular flexibility index (Phi) is 11.7. The fraction of sp³-hybridized carbons (Fsp3) is 0.231. The number of aromatic nitrogens is 3. The molecule has 0 saturated carbocycles. The van der Waals surface area contributed by atoms with Crippen LogP contribution in [-0.4, -0.2) is 62.3 Å². The number of hydrogen-bond donors (Lipinski definition) is 4. The molecule has 5 N–H and O–H groups in total. The summed E-state index contributed by atoms with van der Waals surface area (Å²) >= 11 is 6.03. The van der Waals surface area contributed by atoms with Crippen LogP contribution >= 0.6 is 11.6 Å². The topological polar surface area (TPSA) is 151 Å². The van der Waals surface area contributed by atoms with Gasteiger partial charge in [0.05, 0.1) is 11.7 Å². The number of carboxylic acids is 2. The van der Waals surface area contributed by atoms with Gasteiger partial charge in [0.25, 0.3) is 0 Å². The number of aromatic amines is 1. The van der Waals surface area contributed by atoms with Gasteiger partial charge in [-0.05, 0) is 54.8 Å². The van der Waals surface area contributed by atoms with Gasteiger partial charge in [0.15, 0.2) is 0 Å². The fourth-order valence-corrected chi connectivity index (χ4v) is 3.42. The van der Waals surface area contributed by atoms with Crippen molar-refractivity contribution >= 4 is 34.4 Å². The van der Waals surface area contributed by atoms with Crippen LogP contribution in [0.15, 0.2) is 60.9 Å². The van der Waals surface area contributed by atoms with Crippen molar-refractivity contribution in [3.8, 4) is 16.9 Å². The molecule has 2 aromatic heterocycles. The van der Waals surface area contributed by atoms with E-state index in [0.29, 0.717) is 23.8 Å². The van der Waals surface area contributed by atoms with Crippen molar-refractivity contribution in [1.29, 1.82) is 0 Å². The van der Waals surface area contributed by atoms with Crippen LogP contribution in [0.4, 0.5) is 26.3 Å². The number of alkyl halides is 6. The summed E-state index contributed by atoms with van der Waals surface area (Å²) in [6, 6.07) is 15.7. The Bertz CT molecular complexity index is 1490. The fourth-order valence-electron chi connectivity index (χ4n) is 3.20. The number of carbonyl (C=O) groups is 2. The first kappa shape index (κ1) is 33.8. The molecule has 16 heteroatoms. The molecule has 42 heavy (non-hydrogen) atoms. The number of rotatable bonds is 6. The van der Waals surface area contributed by atoms with E-state index in [1.54, 1.807) is 6.20 Å². The third-order valence-corrected chi connectivity index (χ3v) is 5.36. The molecular weight excluding hydrogens is 598 g/mol. The van der Waals surface area contributed by atoms with Gasteiger partial charge < -0.3 is 20.7 Å². The predicted octanol–water partition coefficient (Wildman–Crippen LogP) is 5.80. The first-order valence-electron chi connectivity index (χ1n) is 11.6. The van der Waals surface area contributed by atoms with Gasteiger partial charge in [0.2, 0.25) is 0 Å². The van der Waals surface area contributed by atoms with E-state index in [1.807, 2.05) is 55.6 Å². The first-order valence-corrected chi connectivity index (χ1v) is 12.0. The molecule has 0 aliphatic rings. The Morgan fingerprint density at radius 1 is 0.976 bits per heavy atom. The Morgan fingerprint density at radius 3 is 2.17 bits per heavy atom. The van der Waals surface area contributed by atoms with Crippen molar-refractivity contribution in [2.75, 3.05) is 6.61 Å². The number of pyridine rings is 1. The van der Waals surface area contributed by atoms with Crippen LogP contribution in [0.3, 0.4) is 0 Å². The monoisotopic (exact) mass is 620 g/mol. The van der Waals surface area contributed by atoms with E-state index in [-0.39, 0.29) is 6.04 Å². The molecule has 0 radical (unpaired) electrons. The lowest BCUT2D eigenvalue weighted by Crippen LogP contribution is -2.30. The molecule has 9 nitrogen and oxygen atoms in total. The van der Waals surface area contributed by atoms with E-state index >= 15 is 0 Å². The SMILES string of the molecule is Cc1[nH]nc2ccc(-c3cncc(OC[C@@H](N)Cc4cccc(Cl)c4)c3)cc12.O=C(O)C(F)(F)F.O=C(O)C(F)(F)F. The molecule has 4 aromatic rings. The normalized spacial score (nSPS) is 11.9. The average molecular weight is 621 g/mol. The average Bonchev–Trinajstić information content (AvgIpc) is 3.27. The summed E-state index contributed by atoms with van der Waals surface area (Å²) in [5.74, 6) is -4.82. The Labute approximate surface area is 238 Å². The van der Waals surface area contributed by atoms with Crippen LogP contribution in [0.25, 0.3) is 22.0 Å². The van der Waals surface area contributed by atoms with E-state index in [2.05, 4.69) is 21.2 Å². The maximum absolute atomic E-state index is 10.6. The maximum atomic E-state index is 10.6. The molecule has 0 aliphatic carbocycles. The van der Waals surface area contributed by atoms with Crippen molar-refractivity contribution in [3.63, 3.8) is 0 Å². The van der Waals surface area contributed by atoms with Crippen molar-refractivity contribution in [2.45, 2.75) is 31.7 Å². The number of nitrogens with zero attached hydrogens (tertiary/aromatic N) is 2. The smallest absolute Gasteiger partial charge is 0.490 e. The van der Waals surface area contributed by atoms with E-state index in [0.717, 1.165) is 33.3 Å². The second kappa shape index (κ2) is 14.5. The number of fused-ring (bicyclic) bond motifs is 1. The Morgan fingerprint density at radius 2 is 1.60 bits per heavy atom. The number of nitrogens with one attached hydrogen (secondary N) is 1. The summed E-state index contributed by atoms with van der Waals surface area (Å²) in [4.78, 5) is 22.1. The molecule has 2 heterocycles. The summed E-state index contributed by atoms with van der Waals surface area (Å²) in [5, 5.41) is 23.4. The van der Waals surface area contributed by atoms with Crippen LogP contribution < -0.4 is 10.5 Å². The molecule has 0 unspecified atom stereocenters. The summed E-state index contributed by atoms with van der Waals surface area (Å²) in [6.07, 6.45) is -5.93. The second-order valence-corrected chi connectivity index (χ2v) is 8.94. The number of hydrogen-bond acceptors (Lipinski definition) is 6. The number of carboxylic acid groups (broad SMARTS) is 2. The van der Waals surface area contributed by atoms with E-state index in [9.17, 15) is 26.3 Å². The maximum Gasteiger partial charge on any atom is 0.490 e. The van der Waals surface area contributed by atoms with Crippen molar-refractivity contribution < 1.29 is 50.9 Å². The highest BCUT2D eigenvalue weighted by Gasteiger charge is 2.38. The number of nitrogens with two attached hydrogens (primary N) is 1. The third-order valence-electron chi connectivity index (χ3n) is 5.13. The minimum absolute atomic E-state index is 0.132. The van der Waals surface area contributed by atoms with Gasteiger partial charge >= 0.3 is 24.3 Å². The van der Waals surface area contributed by atoms with Gasteiger partial charge in [-0.25, -0.2) is 9.59 Å². The van der Waals surface area contributed by atoms with Crippen molar-refractivity contribution in [1.82, 2.24) is 15.2 Å². The van der Waals surface area contributed by atoms with E-state index < -0.39 is 24.3 Å². The molecule has 0 aliphatic heterocycles. The quantitative estimate of drug-likeness (QED) is 0.197. The highest BCUT2D eigenvalue weighted by molar-refractivity contribution is 6.30. The molecular formula is C26H23ClF6N4O5. The van der Waals surface area contributed by atoms with Crippen LogP contribution in [-0.2, 0) is 16.0 Å². The summed E-state index contributed by atoms with van der Waals surface area (Å²) < 4.78 is 69.4. The molecule has 2 aromatic carbocycles. The largest absolute Gasteiger partial charge is 0.490 e. The van der Waals surface area contributed by atoms with Crippen molar-refractivity contribution in [2.24, 2.45) is 5.73 Å². The zero-order valence-corrected chi connectivity index (χ0v) is 22.3. The second-order valence-electron chi connectivity index (χ2n) is 8.50. The van der Waals surface area contributed by atoms with Crippen LogP contribution in [0.1, 0.15) is 11.3 Å². The standard InChI is InChI=1S/C22H21ClN4O.2C2HF3O2/c1-14-21-10-16(5-6-22(21)27-26-14)17-9-20(12-25-11-17)28-13-19(24)8-15-3-2-4-18(23)7-15;2*3-2(4,5)1(6)7/h2-7,9-12,19H,8,13,24H2,1H3,(H,26,27);2*(H,6,7)/t19-;;/m0../s1. The highest BCUT2D eigenvalue weighted by atomic mass is 35.5. The van der Waals surface area contributed by atoms with Gasteiger partial charge in [-0.1, -0.05) is 29.8 Å². The number of ether oxygens (including phenoxy) is 1. The van der Waals surface area contributed by atoms with Gasteiger partial charge in [0, 0.05) is 33.9 Å². The van der Waals surface area contributed by atoms with Gasteiger partial charge in [-0.15, -0.1) is 0 Å². The molecule has 1 atom stereocenters. The van der Waals surface area contributed by atoms with Gasteiger partial charge in [-0.3, -0.25) is 10.1 Å². The molecule has 0 amide bonds. The number of H-pyrrole nitrogens is 1. The Hall–Kier alpha value is -4.37. The number of benzene rings is 2. The molecule has 226 valence electrons. The van der Waals surface area contributed by atoms with Gasteiger partial charge in [0.1, 0.15) is 12.4 Å². The van der Waals surface area contributed by atoms with E-state index in [1.165, 1.54) is 0 Å². The number of halogens is 7. The summed E-state index contributed by atoms with van der Waals surface area (Å²) in [5.41, 5.74) is 11.4. The number of aryl methyl sites for hydroxylation is 1. The van der Waals surface area contributed by atoms with Crippen LogP contribution in [0, 0.1) is 6.92 Å². The molecule has 4 rings (SSSR count). The lowest BCUT2D eigenvalue weighted by Gasteiger charge is -2.14. The molecule has 0 fully saturated rings.